The zero-order valence-corrected chi connectivity index (χ0v) is 13.7. The van der Waals surface area contributed by atoms with E-state index in [1.807, 2.05) is 0 Å². The fourth-order valence-corrected chi connectivity index (χ4v) is 2.13. The van der Waals surface area contributed by atoms with Crippen LogP contribution in [0.25, 0.3) is 0 Å². The van der Waals surface area contributed by atoms with E-state index < -0.39 is 47.1 Å². The van der Waals surface area contributed by atoms with Gasteiger partial charge in [-0.3, -0.25) is 14.4 Å². The van der Waals surface area contributed by atoms with Crippen LogP contribution in [0.1, 0.15) is 23.8 Å². The number of hydrogen-bond donors (Lipinski definition) is 2. The Morgan fingerprint density at radius 3 is 2.50 bits per heavy atom. The standard InChI is InChI=1S/C16H15F3N4O3/c1-2-7-23(16(26)11-5-6-12(24)22-21-11)8-13(25)20-10-4-3-9(17)14(18)15(10)19/h3-6H,2,7-8H2,1H3,(H,20,25)(H,22,24). The Balaban J connectivity index is 2.13. The van der Waals surface area contributed by atoms with Crippen molar-refractivity contribution in [2.75, 3.05) is 18.4 Å². The smallest absolute Gasteiger partial charge is 0.274 e. The van der Waals surface area contributed by atoms with E-state index in [2.05, 4.69) is 15.5 Å². The highest BCUT2D eigenvalue weighted by Crippen LogP contribution is 2.19. The molecule has 1 aromatic carbocycles. The highest BCUT2D eigenvalue weighted by atomic mass is 19.2. The number of anilines is 1. The molecule has 2 N–H and O–H groups in total. The number of halogens is 3. The fourth-order valence-electron chi connectivity index (χ4n) is 2.13. The van der Waals surface area contributed by atoms with E-state index in [4.69, 9.17) is 0 Å². The van der Waals surface area contributed by atoms with E-state index in [1.54, 1.807) is 6.92 Å². The van der Waals surface area contributed by atoms with Crippen LogP contribution in [0.5, 0.6) is 0 Å². The highest BCUT2D eigenvalue weighted by Gasteiger charge is 2.21. The van der Waals surface area contributed by atoms with Gasteiger partial charge in [0.15, 0.2) is 17.5 Å². The number of benzene rings is 1. The van der Waals surface area contributed by atoms with Gasteiger partial charge in [-0.15, -0.1) is 0 Å². The molecule has 0 aliphatic carbocycles. The Morgan fingerprint density at radius 2 is 1.88 bits per heavy atom. The van der Waals surface area contributed by atoms with Crippen molar-refractivity contribution < 1.29 is 22.8 Å². The number of carbonyl (C=O) groups excluding carboxylic acids is 2. The normalized spacial score (nSPS) is 10.5. The molecule has 0 saturated carbocycles. The zero-order chi connectivity index (χ0) is 19.3. The largest absolute Gasteiger partial charge is 0.328 e. The molecule has 26 heavy (non-hydrogen) atoms. The van der Waals surface area contributed by atoms with Crippen LogP contribution in [-0.2, 0) is 4.79 Å². The first kappa shape index (κ1) is 19.2. The number of amides is 2. The summed E-state index contributed by atoms with van der Waals surface area (Å²) < 4.78 is 39.7. The lowest BCUT2D eigenvalue weighted by Crippen LogP contribution is -2.39. The molecule has 0 bridgehead atoms. The molecule has 0 fully saturated rings. The predicted octanol–water partition coefficient (Wildman–Crippen LogP) is 1.68. The monoisotopic (exact) mass is 368 g/mol. The maximum absolute atomic E-state index is 13.6. The van der Waals surface area contributed by atoms with Gasteiger partial charge in [0, 0.05) is 12.6 Å². The van der Waals surface area contributed by atoms with Crippen molar-refractivity contribution in [3.63, 3.8) is 0 Å². The summed E-state index contributed by atoms with van der Waals surface area (Å²) in [6.07, 6.45) is 0.516. The average Bonchev–Trinajstić information content (AvgIpc) is 2.62. The van der Waals surface area contributed by atoms with Crippen molar-refractivity contribution >= 4 is 17.5 Å². The SMILES string of the molecule is CCCN(CC(=O)Nc1ccc(F)c(F)c1F)C(=O)c1ccc(=O)[nH]n1. The second kappa shape index (κ2) is 8.28. The molecule has 7 nitrogen and oxygen atoms in total. The maximum Gasteiger partial charge on any atom is 0.274 e. The average molecular weight is 368 g/mol. The van der Waals surface area contributed by atoms with Gasteiger partial charge in [0.05, 0.1) is 5.69 Å². The third-order valence-corrected chi connectivity index (χ3v) is 3.32. The van der Waals surface area contributed by atoms with Gasteiger partial charge in [-0.2, -0.15) is 5.10 Å². The van der Waals surface area contributed by atoms with E-state index in [9.17, 15) is 27.6 Å². The molecule has 2 amide bonds. The summed E-state index contributed by atoms with van der Waals surface area (Å²) >= 11 is 0. The lowest BCUT2D eigenvalue weighted by Gasteiger charge is -2.21. The highest BCUT2D eigenvalue weighted by molar-refractivity contribution is 5.98. The van der Waals surface area contributed by atoms with Crippen molar-refractivity contribution in [1.82, 2.24) is 15.1 Å². The van der Waals surface area contributed by atoms with Crippen molar-refractivity contribution in [1.29, 1.82) is 0 Å². The number of H-pyrrole nitrogens is 1. The number of aromatic amines is 1. The summed E-state index contributed by atoms with van der Waals surface area (Å²) in [6.45, 7) is 1.49. The molecule has 0 aliphatic rings. The van der Waals surface area contributed by atoms with Gasteiger partial charge >= 0.3 is 0 Å². The van der Waals surface area contributed by atoms with Gasteiger partial charge in [0.1, 0.15) is 12.2 Å². The number of rotatable bonds is 6. The van der Waals surface area contributed by atoms with Gasteiger partial charge in [-0.05, 0) is 24.6 Å². The maximum atomic E-state index is 13.6. The van der Waals surface area contributed by atoms with Gasteiger partial charge in [0.25, 0.3) is 11.5 Å². The number of nitrogens with one attached hydrogen (secondary N) is 2. The zero-order valence-electron chi connectivity index (χ0n) is 13.7. The Labute approximate surface area is 145 Å². The third-order valence-electron chi connectivity index (χ3n) is 3.32. The quantitative estimate of drug-likeness (QED) is 0.759. The van der Waals surface area contributed by atoms with Crippen molar-refractivity contribution in [3.8, 4) is 0 Å². The molecule has 2 rings (SSSR count). The van der Waals surface area contributed by atoms with Gasteiger partial charge < -0.3 is 10.2 Å². The van der Waals surface area contributed by atoms with E-state index in [0.717, 1.165) is 17.0 Å². The molecule has 0 aliphatic heterocycles. The molecule has 0 saturated heterocycles. The number of nitrogens with zero attached hydrogens (tertiary/aromatic N) is 2. The first-order chi connectivity index (χ1) is 12.3. The van der Waals surface area contributed by atoms with Crippen LogP contribution in [0.2, 0.25) is 0 Å². The van der Waals surface area contributed by atoms with Crippen LogP contribution in [0.3, 0.4) is 0 Å². The molecule has 0 spiro atoms. The second-order valence-electron chi connectivity index (χ2n) is 5.30. The van der Waals surface area contributed by atoms with E-state index in [-0.39, 0.29) is 12.2 Å². The Hall–Kier alpha value is -3.17. The molecular weight excluding hydrogens is 353 g/mol. The Kier molecular flexibility index (Phi) is 6.10. The minimum absolute atomic E-state index is 0.0788. The molecule has 2 aromatic rings. The van der Waals surface area contributed by atoms with Gasteiger partial charge in [-0.25, -0.2) is 18.3 Å². The molecule has 138 valence electrons. The fraction of sp³-hybridized carbons (Fsp3) is 0.250. The molecule has 0 atom stereocenters. The van der Waals surface area contributed by atoms with Gasteiger partial charge in [0.2, 0.25) is 5.91 Å². The Bertz CT molecular complexity index is 865. The lowest BCUT2D eigenvalue weighted by molar-refractivity contribution is -0.116. The van der Waals surface area contributed by atoms with Crippen molar-refractivity contribution in [3.05, 3.63) is 57.8 Å². The number of hydrogen-bond acceptors (Lipinski definition) is 4. The lowest BCUT2D eigenvalue weighted by atomic mass is 10.2. The minimum atomic E-state index is -1.71. The van der Waals surface area contributed by atoms with Crippen LogP contribution in [-0.4, -0.2) is 40.0 Å². The summed E-state index contributed by atoms with van der Waals surface area (Å²) in [5, 5.41) is 7.80. The Morgan fingerprint density at radius 1 is 1.15 bits per heavy atom. The summed E-state index contributed by atoms with van der Waals surface area (Å²) in [4.78, 5) is 36.6. The van der Waals surface area contributed by atoms with Crippen LogP contribution in [0.4, 0.5) is 18.9 Å². The number of carbonyl (C=O) groups is 2. The van der Waals surface area contributed by atoms with Crippen molar-refractivity contribution in [2.45, 2.75) is 13.3 Å². The van der Waals surface area contributed by atoms with Gasteiger partial charge in [-0.1, -0.05) is 6.92 Å². The van der Waals surface area contributed by atoms with Crippen LogP contribution in [0, 0.1) is 17.5 Å². The molecule has 10 heteroatoms. The first-order valence-corrected chi connectivity index (χ1v) is 7.61. The first-order valence-electron chi connectivity index (χ1n) is 7.61. The molecule has 1 aromatic heterocycles. The molecule has 1 heterocycles. The third kappa shape index (κ3) is 4.47. The minimum Gasteiger partial charge on any atom is -0.328 e. The molecule has 0 radical (unpaired) electrons. The van der Waals surface area contributed by atoms with E-state index in [1.165, 1.54) is 6.07 Å². The summed E-state index contributed by atoms with van der Waals surface area (Å²) in [6, 6.07) is 3.87. The number of aromatic nitrogens is 2. The summed E-state index contributed by atoms with van der Waals surface area (Å²) in [5.74, 6) is -6.05. The van der Waals surface area contributed by atoms with Crippen LogP contribution >= 0.6 is 0 Å². The van der Waals surface area contributed by atoms with Crippen LogP contribution < -0.4 is 10.9 Å². The van der Waals surface area contributed by atoms with Crippen molar-refractivity contribution in [2.24, 2.45) is 0 Å². The second-order valence-corrected chi connectivity index (χ2v) is 5.30. The van der Waals surface area contributed by atoms with E-state index >= 15 is 0 Å². The molecule has 0 unspecified atom stereocenters. The molecular formula is C16H15F3N4O3. The topological polar surface area (TPSA) is 95.2 Å². The summed E-state index contributed by atoms with van der Waals surface area (Å²) in [5.41, 5.74) is -1.11. The van der Waals surface area contributed by atoms with Crippen LogP contribution in [0.15, 0.2) is 29.1 Å². The van der Waals surface area contributed by atoms with E-state index in [0.29, 0.717) is 12.5 Å². The predicted molar refractivity (Wildman–Crippen MR) is 86.0 cm³/mol. The summed E-state index contributed by atoms with van der Waals surface area (Å²) in [7, 11) is 0.